The quantitative estimate of drug-likeness (QED) is 0.774. The molecule has 1 fully saturated rings. The van der Waals surface area contributed by atoms with E-state index < -0.39 is 0 Å². The van der Waals surface area contributed by atoms with Crippen LogP contribution in [-0.4, -0.2) is 54.5 Å². The second-order valence-electron chi connectivity index (χ2n) is 7.13. The number of rotatable bonds is 7. The van der Waals surface area contributed by atoms with Crippen LogP contribution in [0.4, 0.5) is 0 Å². The van der Waals surface area contributed by atoms with Crippen LogP contribution in [0.1, 0.15) is 18.1 Å². The van der Waals surface area contributed by atoms with Gasteiger partial charge in [0, 0.05) is 44.3 Å². The average Bonchev–Trinajstić information content (AvgIpc) is 2.74. The molecule has 5 heteroatoms. The van der Waals surface area contributed by atoms with Gasteiger partial charge in [-0.3, -0.25) is 14.6 Å². The number of piperazine rings is 1. The maximum absolute atomic E-state index is 12.5. The summed E-state index contributed by atoms with van der Waals surface area (Å²) in [6.07, 6.45) is 4.38. The minimum atomic E-state index is -0.135. The Kier molecular flexibility index (Phi) is 7.66. The number of hydrogen-bond acceptors (Lipinski definition) is 3. The molecule has 1 saturated heterocycles. The van der Waals surface area contributed by atoms with Crippen LogP contribution in [-0.2, 0) is 11.3 Å². The lowest BCUT2D eigenvalue weighted by Gasteiger charge is -2.37. The van der Waals surface area contributed by atoms with Gasteiger partial charge in [-0.05, 0) is 24.1 Å². The Bertz CT molecular complexity index is 785. The minimum absolute atomic E-state index is 0.0531. The molecule has 1 unspecified atom stereocenters. The summed E-state index contributed by atoms with van der Waals surface area (Å²) in [5, 5.41) is 3.70. The third-order valence-electron chi connectivity index (χ3n) is 5.22. The number of nitrogens with zero attached hydrogens (tertiary/aromatic N) is 2. The molecule has 0 aromatic heterocycles. The van der Waals surface area contributed by atoms with Crippen LogP contribution in [0.15, 0.2) is 60.7 Å². The highest BCUT2D eigenvalue weighted by molar-refractivity contribution is 6.31. The maximum Gasteiger partial charge on any atom is 0.237 e. The van der Waals surface area contributed by atoms with Crippen LogP contribution in [0.5, 0.6) is 0 Å². The number of benzene rings is 2. The summed E-state index contributed by atoms with van der Waals surface area (Å²) in [6.45, 7) is 7.14. The van der Waals surface area contributed by atoms with E-state index in [0.717, 1.165) is 38.3 Å². The molecule has 1 heterocycles. The number of nitrogens with one attached hydrogen (secondary N) is 1. The summed E-state index contributed by atoms with van der Waals surface area (Å²) < 4.78 is 0. The summed E-state index contributed by atoms with van der Waals surface area (Å²) in [4.78, 5) is 17.2. The Morgan fingerprint density at radius 3 is 2.46 bits per heavy atom. The van der Waals surface area contributed by atoms with E-state index in [4.69, 9.17) is 11.6 Å². The highest BCUT2D eigenvalue weighted by Crippen LogP contribution is 2.14. The first kappa shape index (κ1) is 20.6. The van der Waals surface area contributed by atoms with E-state index in [1.165, 1.54) is 5.56 Å². The van der Waals surface area contributed by atoms with Gasteiger partial charge < -0.3 is 5.32 Å². The van der Waals surface area contributed by atoms with Gasteiger partial charge in [-0.1, -0.05) is 72.3 Å². The third kappa shape index (κ3) is 5.93. The van der Waals surface area contributed by atoms with Crippen LogP contribution < -0.4 is 5.32 Å². The zero-order chi connectivity index (χ0) is 19.8. The zero-order valence-corrected chi connectivity index (χ0v) is 17.1. The molecule has 28 heavy (non-hydrogen) atoms. The number of amides is 1. The predicted molar refractivity (Wildman–Crippen MR) is 116 cm³/mol. The Labute approximate surface area is 172 Å². The molecule has 4 nitrogen and oxygen atoms in total. The van der Waals surface area contributed by atoms with Crippen LogP contribution in [0, 0.1) is 0 Å². The molecule has 3 rings (SSSR count). The average molecular weight is 398 g/mol. The van der Waals surface area contributed by atoms with Crippen molar-refractivity contribution in [3.63, 3.8) is 0 Å². The molecule has 1 N–H and O–H groups in total. The van der Waals surface area contributed by atoms with Gasteiger partial charge >= 0.3 is 0 Å². The first-order valence-electron chi connectivity index (χ1n) is 9.82. The molecule has 0 bridgehead atoms. The molecule has 0 radical (unpaired) electrons. The standard InChI is InChI=1S/C23H28ClN3O/c1-19(23(28)25-18-21-11-5-6-12-22(21)24)27-16-14-26(15-17-27)13-7-10-20-8-3-2-4-9-20/h2-12,19H,13-18H2,1H3,(H,25,28). The summed E-state index contributed by atoms with van der Waals surface area (Å²) in [5.41, 5.74) is 2.17. The topological polar surface area (TPSA) is 35.6 Å². The van der Waals surface area contributed by atoms with Crippen LogP contribution in [0.25, 0.3) is 6.08 Å². The molecule has 1 aliphatic rings. The van der Waals surface area contributed by atoms with Crippen molar-refractivity contribution in [1.29, 1.82) is 0 Å². The first-order valence-corrected chi connectivity index (χ1v) is 10.2. The molecule has 0 saturated carbocycles. The largest absolute Gasteiger partial charge is 0.351 e. The molecule has 1 amide bonds. The zero-order valence-electron chi connectivity index (χ0n) is 16.4. The van der Waals surface area contributed by atoms with Crippen molar-refractivity contribution < 1.29 is 4.79 Å². The van der Waals surface area contributed by atoms with E-state index in [1.807, 2.05) is 37.3 Å². The molecule has 1 aliphatic heterocycles. The van der Waals surface area contributed by atoms with Gasteiger partial charge in [-0.2, -0.15) is 0 Å². The highest BCUT2D eigenvalue weighted by atomic mass is 35.5. The van der Waals surface area contributed by atoms with E-state index in [9.17, 15) is 4.79 Å². The van der Waals surface area contributed by atoms with Crippen molar-refractivity contribution in [1.82, 2.24) is 15.1 Å². The molecule has 1 atom stereocenters. The van der Waals surface area contributed by atoms with Gasteiger partial charge in [0.1, 0.15) is 0 Å². The summed E-state index contributed by atoms with van der Waals surface area (Å²) in [6, 6.07) is 17.8. The highest BCUT2D eigenvalue weighted by Gasteiger charge is 2.25. The number of hydrogen-bond donors (Lipinski definition) is 1. The van der Waals surface area contributed by atoms with Gasteiger partial charge in [-0.15, -0.1) is 0 Å². The van der Waals surface area contributed by atoms with Crippen molar-refractivity contribution in [2.75, 3.05) is 32.7 Å². The summed E-state index contributed by atoms with van der Waals surface area (Å²) >= 11 is 6.16. The lowest BCUT2D eigenvalue weighted by atomic mass is 10.2. The number of halogens is 1. The summed E-state index contributed by atoms with van der Waals surface area (Å²) in [7, 11) is 0. The second-order valence-corrected chi connectivity index (χ2v) is 7.54. The summed E-state index contributed by atoms with van der Waals surface area (Å²) in [5.74, 6) is 0.0531. The first-order chi connectivity index (χ1) is 13.6. The fourth-order valence-corrected chi connectivity index (χ4v) is 3.58. The Balaban J connectivity index is 1.40. The number of carbonyl (C=O) groups is 1. The van der Waals surface area contributed by atoms with E-state index in [-0.39, 0.29) is 11.9 Å². The van der Waals surface area contributed by atoms with Crippen LogP contribution >= 0.6 is 11.6 Å². The Morgan fingerprint density at radius 1 is 1.07 bits per heavy atom. The van der Waals surface area contributed by atoms with Gasteiger partial charge in [-0.25, -0.2) is 0 Å². The molecule has 0 aliphatic carbocycles. The smallest absolute Gasteiger partial charge is 0.237 e. The molecule has 148 valence electrons. The normalized spacial score (nSPS) is 16.9. The van der Waals surface area contributed by atoms with E-state index in [0.29, 0.717) is 11.6 Å². The molecule has 2 aromatic rings. The number of carbonyl (C=O) groups excluding carboxylic acids is 1. The third-order valence-corrected chi connectivity index (χ3v) is 5.59. The lowest BCUT2D eigenvalue weighted by molar-refractivity contribution is -0.126. The van der Waals surface area contributed by atoms with Crippen LogP contribution in [0.2, 0.25) is 5.02 Å². The fourth-order valence-electron chi connectivity index (χ4n) is 3.37. The predicted octanol–water partition coefficient (Wildman–Crippen LogP) is 3.68. The van der Waals surface area contributed by atoms with Gasteiger partial charge in [0.05, 0.1) is 6.04 Å². The SMILES string of the molecule is CC(C(=O)NCc1ccccc1Cl)N1CCN(CC=Cc2ccccc2)CC1. The van der Waals surface area contributed by atoms with Gasteiger partial charge in [0.15, 0.2) is 0 Å². The second kappa shape index (κ2) is 10.4. The van der Waals surface area contributed by atoms with E-state index in [2.05, 4.69) is 51.5 Å². The van der Waals surface area contributed by atoms with Crippen molar-refractivity contribution in [3.8, 4) is 0 Å². The lowest BCUT2D eigenvalue weighted by Crippen LogP contribution is -2.53. The van der Waals surface area contributed by atoms with Gasteiger partial charge in [0.2, 0.25) is 5.91 Å². The maximum atomic E-state index is 12.5. The van der Waals surface area contributed by atoms with Gasteiger partial charge in [0.25, 0.3) is 0 Å². The molecular formula is C23H28ClN3O. The van der Waals surface area contributed by atoms with Crippen molar-refractivity contribution >= 4 is 23.6 Å². The van der Waals surface area contributed by atoms with E-state index >= 15 is 0 Å². The van der Waals surface area contributed by atoms with Crippen molar-refractivity contribution in [2.45, 2.75) is 19.5 Å². The Hall–Kier alpha value is -2.14. The monoisotopic (exact) mass is 397 g/mol. The minimum Gasteiger partial charge on any atom is -0.351 e. The van der Waals surface area contributed by atoms with E-state index in [1.54, 1.807) is 0 Å². The molecule has 0 spiro atoms. The fraction of sp³-hybridized carbons (Fsp3) is 0.348. The Morgan fingerprint density at radius 2 is 1.75 bits per heavy atom. The molecular weight excluding hydrogens is 370 g/mol. The van der Waals surface area contributed by atoms with Crippen LogP contribution in [0.3, 0.4) is 0 Å². The van der Waals surface area contributed by atoms with Crippen molar-refractivity contribution in [3.05, 3.63) is 76.8 Å². The van der Waals surface area contributed by atoms with Crippen molar-refractivity contribution in [2.24, 2.45) is 0 Å². The molecule has 2 aromatic carbocycles.